The molecular formula is C30H62FN2+. The highest BCUT2D eigenvalue weighted by Gasteiger charge is 2.33. The van der Waals surface area contributed by atoms with Gasteiger partial charge in [-0.15, -0.1) is 0 Å². The summed E-state index contributed by atoms with van der Waals surface area (Å²) < 4.78 is 13.7. The topological polar surface area (TPSA) is 24.1 Å². The predicted octanol–water partition coefficient (Wildman–Crippen LogP) is 8.96. The SMILES string of the molecule is [CH2+]C(C)(CF)CC(CCC(CCC)CCCC(NC)NCCC)CC(C)(C)CC(C)CCC. The molecule has 33 heavy (non-hydrogen) atoms. The van der Waals surface area contributed by atoms with Crippen molar-refractivity contribution in [2.24, 2.45) is 28.6 Å². The molecule has 0 bridgehead atoms. The second kappa shape index (κ2) is 18.1. The van der Waals surface area contributed by atoms with Gasteiger partial charge in [0, 0.05) is 0 Å². The van der Waals surface area contributed by atoms with Crippen molar-refractivity contribution < 1.29 is 4.39 Å². The van der Waals surface area contributed by atoms with E-state index in [4.69, 9.17) is 0 Å². The van der Waals surface area contributed by atoms with Gasteiger partial charge in [0.1, 0.15) is 12.1 Å². The maximum atomic E-state index is 13.7. The average Bonchev–Trinajstić information content (AvgIpc) is 2.73. The first-order valence-corrected chi connectivity index (χ1v) is 14.3. The fourth-order valence-electron chi connectivity index (χ4n) is 6.02. The number of hydrogen-bond acceptors (Lipinski definition) is 2. The van der Waals surface area contributed by atoms with Crippen molar-refractivity contribution in [2.45, 2.75) is 138 Å². The predicted molar refractivity (Wildman–Crippen MR) is 147 cm³/mol. The van der Waals surface area contributed by atoms with E-state index >= 15 is 0 Å². The Labute approximate surface area is 209 Å². The number of alkyl halides is 1. The number of halogens is 1. The van der Waals surface area contributed by atoms with Crippen molar-refractivity contribution in [3.8, 4) is 0 Å². The van der Waals surface area contributed by atoms with Crippen molar-refractivity contribution >= 4 is 0 Å². The van der Waals surface area contributed by atoms with Crippen LogP contribution in [0.3, 0.4) is 0 Å². The van der Waals surface area contributed by atoms with Crippen LogP contribution in [0.15, 0.2) is 0 Å². The van der Waals surface area contributed by atoms with Crippen LogP contribution in [0.2, 0.25) is 0 Å². The largest absolute Gasteiger partial charge is 0.305 e. The number of rotatable bonds is 22. The third kappa shape index (κ3) is 16.9. The molecule has 0 rings (SSSR count). The lowest BCUT2D eigenvalue weighted by Gasteiger charge is -2.34. The summed E-state index contributed by atoms with van der Waals surface area (Å²) in [6.07, 6.45) is 16.4. The van der Waals surface area contributed by atoms with Crippen LogP contribution < -0.4 is 10.6 Å². The van der Waals surface area contributed by atoms with E-state index in [0.717, 1.165) is 24.8 Å². The van der Waals surface area contributed by atoms with Crippen molar-refractivity contribution in [1.82, 2.24) is 10.6 Å². The Morgan fingerprint density at radius 3 is 1.97 bits per heavy atom. The highest BCUT2D eigenvalue weighted by molar-refractivity contribution is 4.84. The van der Waals surface area contributed by atoms with Crippen LogP contribution in [0.25, 0.3) is 0 Å². The second-order valence-corrected chi connectivity index (χ2v) is 12.4. The lowest BCUT2D eigenvalue weighted by atomic mass is 9.70. The van der Waals surface area contributed by atoms with E-state index in [1.807, 2.05) is 6.92 Å². The fourth-order valence-corrected chi connectivity index (χ4v) is 6.02. The van der Waals surface area contributed by atoms with E-state index in [0.29, 0.717) is 17.5 Å². The molecule has 5 atom stereocenters. The monoisotopic (exact) mass is 469 g/mol. The molecule has 0 aliphatic heterocycles. The Morgan fingerprint density at radius 2 is 1.42 bits per heavy atom. The lowest BCUT2D eigenvalue weighted by Crippen LogP contribution is -2.40. The standard InChI is InChI=1S/C30H62FN2/c1-10-14-25(4)21-29(5,6)22-27(23-30(7,8)24-31)19-18-26(15-11-2)16-13-17-28(32-9)33-20-12-3/h25-28,32-33H,7,10-24H2,1-6,8-9H3/q+1. The maximum absolute atomic E-state index is 13.7. The molecule has 0 saturated heterocycles. The molecule has 0 aromatic carbocycles. The first kappa shape index (κ1) is 32.7. The van der Waals surface area contributed by atoms with Crippen LogP contribution in [-0.4, -0.2) is 26.4 Å². The summed E-state index contributed by atoms with van der Waals surface area (Å²) in [6, 6.07) is 0. The Morgan fingerprint density at radius 1 is 0.788 bits per heavy atom. The van der Waals surface area contributed by atoms with Crippen LogP contribution >= 0.6 is 0 Å². The fraction of sp³-hybridized carbons (Fsp3) is 0.967. The Kier molecular flexibility index (Phi) is 17.9. The third-order valence-corrected chi connectivity index (χ3v) is 7.40. The zero-order valence-corrected chi connectivity index (χ0v) is 24.0. The molecule has 2 nitrogen and oxygen atoms in total. The maximum Gasteiger partial charge on any atom is 0.135 e. The molecule has 3 heteroatoms. The molecule has 0 heterocycles. The van der Waals surface area contributed by atoms with Crippen molar-refractivity contribution in [3.05, 3.63) is 6.92 Å². The van der Waals surface area contributed by atoms with Gasteiger partial charge in [-0.1, -0.05) is 86.5 Å². The zero-order chi connectivity index (χ0) is 25.3. The summed E-state index contributed by atoms with van der Waals surface area (Å²) in [7, 11) is 2.06. The van der Waals surface area contributed by atoms with Crippen molar-refractivity contribution in [1.29, 1.82) is 0 Å². The van der Waals surface area contributed by atoms with E-state index in [2.05, 4.69) is 66.1 Å². The van der Waals surface area contributed by atoms with E-state index in [-0.39, 0.29) is 6.67 Å². The molecule has 198 valence electrons. The quantitative estimate of drug-likeness (QED) is 0.122. The van der Waals surface area contributed by atoms with Crippen molar-refractivity contribution in [2.75, 3.05) is 20.3 Å². The van der Waals surface area contributed by atoms with Crippen LogP contribution in [-0.2, 0) is 0 Å². The summed E-state index contributed by atoms with van der Waals surface area (Å²) >= 11 is 0. The van der Waals surface area contributed by atoms with Crippen LogP contribution in [0.4, 0.5) is 4.39 Å². The highest BCUT2D eigenvalue weighted by atomic mass is 19.1. The first-order valence-electron chi connectivity index (χ1n) is 14.3. The van der Waals surface area contributed by atoms with Crippen LogP contribution in [0, 0.1) is 35.5 Å². The summed E-state index contributed by atoms with van der Waals surface area (Å²) in [5.41, 5.74) is -0.127. The third-order valence-electron chi connectivity index (χ3n) is 7.40. The summed E-state index contributed by atoms with van der Waals surface area (Å²) in [5, 5.41) is 7.03. The van der Waals surface area contributed by atoms with Crippen molar-refractivity contribution in [3.63, 3.8) is 0 Å². The average molecular weight is 470 g/mol. The van der Waals surface area contributed by atoms with Gasteiger partial charge in [0.05, 0.1) is 13.1 Å². The van der Waals surface area contributed by atoms with Gasteiger partial charge in [-0.05, 0) is 82.2 Å². The molecule has 2 N–H and O–H groups in total. The van der Waals surface area contributed by atoms with Crippen LogP contribution in [0.5, 0.6) is 0 Å². The smallest absolute Gasteiger partial charge is 0.135 e. The minimum atomic E-state index is -0.443. The van der Waals surface area contributed by atoms with Gasteiger partial charge in [-0.3, -0.25) is 0 Å². The molecule has 0 aliphatic rings. The van der Waals surface area contributed by atoms with Gasteiger partial charge in [0.15, 0.2) is 0 Å². The summed E-state index contributed by atoms with van der Waals surface area (Å²) in [5.74, 6) is 2.14. The number of hydrogen-bond donors (Lipinski definition) is 2. The molecule has 0 aliphatic carbocycles. The molecule has 5 unspecified atom stereocenters. The molecule has 0 radical (unpaired) electrons. The van der Waals surface area contributed by atoms with E-state index < -0.39 is 5.41 Å². The molecule has 0 aromatic heterocycles. The minimum Gasteiger partial charge on any atom is -0.305 e. The highest BCUT2D eigenvalue weighted by Crippen LogP contribution is 2.40. The van der Waals surface area contributed by atoms with Gasteiger partial charge < -0.3 is 10.6 Å². The van der Waals surface area contributed by atoms with Gasteiger partial charge in [0.2, 0.25) is 0 Å². The van der Waals surface area contributed by atoms with Gasteiger partial charge in [-0.25, -0.2) is 4.39 Å². The van der Waals surface area contributed by atoms with Gasteiger partial charge >= 0.3 is 0 Å². The molecule has 0 aromatic rings. The molecular weight excluding hydrogens is 407 g/mol. The molecule has 0 spiro atoms. The first-order chi connectivity index (χ1) is 15.5. The van der Waals surface area contributed by atoms with E-state index in [9.17, 15) is 4.39 Å². The summed E-state index contributed by atoms with van der Waals surface area (Å²) in [6.45, 7) is 21.1. The molecule has 0 fully saturated rings. The Bertz CT molecular complexity index is 449. The van der Waals surface area contributed by atoms with Gasteiger partial charge in [-0.2, -0.15) is 0 Å². The molecule has 0 saturated carbocycles. The molecule has 0 amide bonds. The Hall–Kier alpha value is -0.280. The zero-order valence-electron chi connectivity index (χ0n) is 24.0. The normalized spacial score (nSPS) is 18.0. The van der Waals surface area contributed by atoms with Crippen LogP contribution in [0.1, 0.15) is 132 Å². The second-order valence-electron chi connectivity index (χ2n) is 12.4. The summed E-state index contributed by atoms with van der Waals surface area (Å²) in [4.78, 5) is 0. The van der Waals surface area contributed by atoms with E-state index in [1.54, 1.807) is 0 Å². The van der Waals surface area contributed by atoms with E-state index in [1.165, 1.54) is 77.0 Å². The number of nitrogens with one attached hydrogen (secondary N) is 2. The lowest BCUT2D eigenvalue weighted by molar-refractivity contribution is 0.149. The Balaban J connectivity index is 4.96. The minimum absolute atomic E-state index is 0.315. The van der Waals surface area contributed by atoms with Gasteiger partial charge in [0.25, 0.3) is 0 Å².